The highest BCUT2D eigenvalue weighted by Crippen LogP contribution is 2.64. The standard InChI is InChI=1S/C17H18Cl2O3/c1-16(10-17(16,18)19)15(21)22-9-14(20)13-7-6-11-4-2-3-5-12(11)8-13/h6-8H,2-5,9-10H2,1H3. The molecule has 0 saturated heterocycles. The molecule has 1 atom stereocenters. The van der Waals surface area contributed by atoms with Crippen LogP contribution in [0.25, 0.3) is 0 Å². The van der Waals surface area contributed by atoms with Gasteiger partial charge in [-0.1, -0.05) is 12.1 Å². The predicted molar refractivity (Wildman–Crippen MR) is 85.5 cm³/mol. The summed E-state index contributed by atoms with van der Waals surface area (Å²) in [5, 5.41) is 0. The molecular formula is C17H18Cl2O3. The van der Waals surface area contributed by atoms with Gasteiger partial charge < -0.3 is 4.74 Å². The molecule has 0 N–H and O–H groups in total. The van der Waals surface area contributed by atoms with E-state index in [0.29, 0.717) is 12.0 Å². The molecule has 118 valence electrons. The number of rotatable bonds is 4. The zero-order valence-electron chi connectivity index (χ0n) is 12.5. The van der Waals surface area contributed by atoms with Crippen LogP contribution in [0.5, 0.6) is 0 Å². The van der Waals surface area contributed by atoms with Crippen LogP contribution in [0.15, 0.2) is 18.2 Å². The minimum absolute atomic E-state index is 0.194. The number of hydrogen-bond acceptors (Lipinski definition) is 3. The number of carbonyl (C=O) groups excluding carboxylic acids is 2. The molecule has 2 aliphatic carbocycles. The Balaban J connectivity index is 1.62. The SMILES string of the molecule is CC1(C(=O)OCC(=O)c2ccc3c(c2)CCCC3)CC1(Cl)Cl. The highest BCUT2D eigenvalue weighted by Gasteiger charge is 2.69. The third-order valence-electron chi connectivity index (χ3n) is 4.71. The van der Waals surface area contributed by atoms with E-state index in [2.05, 4.69) is 0 Å². The van der Waals surface area contributed by atoms with Gasteiger partial charge >= 0.3 is 5.97 Å². The van der Waals surface area contributed by atoms with Crippen molar-refractivity contribution in [2.24, 2.45) is 5.41 Å². The number of esters is 1. The summed E-state index contributed by atoms with van der Waals surface area (Å²) in [7, 11) is 0. The van der Waals surface area contributed by atoms with Crippen molar-refractivity contribution >= 4 is 35.0 Å². The number of ketones is 1. The van der Waals surface area contributed by atoms with E-state index in [0.717, 1.165) is 19.3 Å². The lowest BCUT2D eigenvalue weighted by atomic mass is 9.90. The molecule has 3 rings (SSSR count). The molecular weight excluding hydrogens is 323 g/mol. The Morgan fingerprint density at radius 1 is 1.18 bits per heavy atom. The Morgan fingerprint density at radius 3 is 2.45 bits per heavy atom. The van der Waals surface area contributed by atoms with Crippen molar-refractivity contribution in [3.63, 3.8) is 0 Å². The molecule has 22 heavy (non-hydrogen) atoms. The molecule has 0 aromatic heterocycles. The molecule has 3 nitrogen and oxygen atoms in total. The fourth-order valence-electron chi connectivity index (χ4n) is 2.90. The van der Waals surface area contributed by atoms with Crippen LogP contribution in [0.2, 0.25) is 0 Å². The van der Waals surface area contributed by atoms with E-state index in [1.165, 1.54) is 17.5 Å². The van der Waals surface area contributed by atoms with Crippen molar-refractivity contribution in [3.8, 4) is 0 Å². The molecule has 0 spiro atoms. The van der Waals surface area contributed by atoms with Crippen molar-refractivity contribution in [1.82, 2.24) is 0 Å². The highest BCUT2D eigenvalue weighted by molar-refractivity contribution is 6.53. The minimum atomic E-state index is -1.07. The third kappa shape index (κ3) is 2.77. The van der Waals surface area contributed by atoms with Gasteiger partial charge in [0.2, 0.25) is 0 Å². The molecule has 0 bridgehead atoms. The first-order valence-electron chi connectivity index (χ1n) is 7.53. The van der Waals surface area contributed by atoms with Crippen LogP contribution in [0.4, 0.5) is 0 Å². The Kier molecular flexibility index (Phi) is 3.98. The Morgan fingerprint density at radius 2 is 1.82 bits per heavy atom. The van der Waals surface area contributed by atoms with Gasteiger partial charge in [-0.2, -0.15) is 0 Å². The summed E-state index contributed by atoms with van der Waals surface area (Å²) in [6, 6.07) is 5.75. The van der Waals surface area contributed by atoms with E-state index < -0.39 is 15.7 Å². The Bertz CT molecular complexity index is 639. The summed E-state index contributed by atoms with van der Waals surface area (Å²) in [6.07, 6.45) is 4.80. The second-order valence-electron chi connectivity index (χ2n) is 6.40. The zero-order chi connectivity index (χ0) is 16.0. The van der Waals surface area contributed by atoms with Crippen LogP contribution in [0.1, 0.15) is 47.7 Å². The van der Waals surface area contributed by atoms with Gasteiger partial charge in [0, 0.05) is 12.0 Å². The first-order valence-corrected chi connectivity index (χ1v) is 8.29. The Hall–Kier alpha value is -1.06. The monoisotopic (exact) mass is 340 g/mol. The number of carbonyl (C=O) groups is 2. The molecule has 5 heteroatoms. The summed E-state index contributed by atoms with van der Waals surface area (Å²) < 4.78 is 4.04. The van der Waals surface area contributed by atoms with E-state index in [4.69, 9.17) is 27.9 Å². The summed E-state index contributed by atoms with van der Waals surface area (Å²) in [5.74, 6) is -0.704. The average molecular weight is 341 g/mol. The normalized spacial score (nSPS) is 25.2. The Labute approximate surface area is 139 Å². The van der Waals surface area contributed by atoms with Crippen molar-refractivity contribution in [2.45, 2.75) is 43.4 Å². The molecule has 1 aromatic carbocycles. The maximum absolute atomic E-state index is 12.2. The quantitative estimate of drug-likeness (QED) is 0.474. The molecule has 0 amide bonds. The maximum Gasteiger partial charge on any atom is 0.315 e. The van der Waals surface area contributed by atoms with Crippen molar-refractivity contribution in [2.75, 3.05) is 6.61 Å². The lowest BCUT2D eigenvalue weighted by Crippen LogP contribution is -2.24. The average Bonchev–Trinajstić information content (AvgIpc) is 3.03. The fraction of sp³-hybridized carbons (Fsp3) is 0.529. The van der Waals surface area contributed by atoms with Crippen LogP contribution < -0.4 is 0 Å². The largest absolute Gasteiger partial charge is 0.457 e. The van der Waals surface area contributed by atoms with E-state index in [1.807, 2.05) is 18.2 Å². The van der Waals surface area contributed by atoms with Gasteiger partial charge in [-0.15, -0.1) is 23.2 Å². The fourth-order valence-corrected chi connectivity index (χ4v) is 3.59. The van der Waals surface area contributed by atoms with Crippen molar-refractivity contribution in [3.05, 3.63) is 34.9 Å². The van der Waals surface area contributed by atoms with Gasteiger partial charge in [0.25, 0.3) is 0 Å². The molecule has 0 aliphatic heterocycles. The first kappa shape index (κ1) is 15.8. The van der Waals surface area contributed by atoms with Gasteiger partial charge in [0.15, 0.2) is 12.4 Å². The second-order valence-corrected chi connectivity index (χ2v) is 7.89. The number of ether oxygens (including phenoxy) is 1. The lowest BCUT2D eigenvalue weighted by molar-refractivity contribution is -0.148. The van der Waals surface area contributed by atoms with Crippen LogP contribution in [0.3, 0.4) is 0 Å². The van der Waals surface area contributed by atoms with Gasteiger partial charge in [0.05, 0.1) is 0 Å². The van der Waals surface area contributed by atoms with Crippen molar-refractivity contribution in [1.29, 1.82) is 0 Å². The number of benzene rings is 1. The van der Waals surface area contributed by atoms with E-state index in [9.17, 15) is 9.59 Å². The predicted octanol–water partition coefficient (Wildman–Crippen LogP) is 3.88. The smallest absolute Gasteiger partial charge is 0.315 e. The molecule has 2 aliphatic rings. The van der Waals surface area contributed by atoms with Crippen LogP contribution in [-0.2, 0) is 22.4 Å². The first-order chi connectivity index (χ1) is 10.3. The van der Waals surface area contributed by atoms with E-state index in [1.54, 1.807) is 6.92 Å². The van der Waals surface area contributed by atoms with Gasteiger partial charge in [-0.05, 0) is 49.8 Å². The van der Waals surface area contributed by atoms with Gasteiger partial charge in [0.1, 0.15) is 9.75 Å². The number of hydrogen-bond donors (Lipinski definition) is 0. The van der Waals surface area contributed by atoms with E-state index in [-0.39, 0.29) is 12.4 Å². The number of halogens is 2. The zero-order valence-corrected chi connectivity index (χ0v) is 14.0. The molecule has 0 radical (unpaired) electrons. The molecule has 0 heterocycles. The summed E-state index contributed by atoms with van der Waals surface area (Å²) in [6.45, 7) is 1.38. The second kappa shape index (κ2) is 5.54. The molecule has 1 saturated carbocycles. The topological polar surface area (TPSA) is 43.4 Å². The summed E-state index contributed by atoms with van der Waals surface area (Å²) in [4.78, 5) is 24.2. The van der Waals surface area contributed by atoms with Gasteiger partial charge in [-0.25, -0.2) is 0 Å². The third-order valence-corrected chi connectivity index (χ3v) is 5.81. The van der Waals surface area contributed by atoms with E-state index >= 15 is 0 Å². The number of Topliss-reactive ketones (excluding diaryl/α,β-unsaturated/α-hetero) is 1. The molecule has 1 aromatic rings. The summed E-state index contributed by atoms with van der Waals surface area (Å²) >= 11 is 11.9. The maximum atomic E-state index is 12.2. The number of alkyl halides is 2. The van der Waals surface area contributed by atoms with Crippen LogP contribution >= 0.6 is 23.2 Å². The minimum Gasteiger partial charge on any atom is -0.457 e. The number of aryl methyl sites for hydroxylation is 2. The van der Waals surface area contributed by atoms with Crippen LogP contribution in [0, 0.1) is 5.41 Å². The lowest BCUT2D eigenvalue weighted by Gasteiger charge is -2.16. The van der Waals surface area contributed by atoms with Crippen LogP contribution in [-0.4, -0.2) is 22.7 Å². The molecule has 1 fully saturated rings. The van der Waals surface area contributed by atoms with Gasteiger partial charge in [-0.3, -0.25) is 9.59 Å². The highest BCUT2D eigenvalue weighted by atomic mass is 35.5. The number of fused-ring (bicyclic) bond motifs is 1. The summed E-state index contributed by atoms with van der Waals surface area (Å²) in [5.41, 5.74) is 2.25. The van der Waals surface area contributed by atoms with Crippen molar-refractivity contribution < 1.29 is 14.3 Å². The molecule has 1 unspecified atom stereocenters.